The molecule has 0 amide bonds. The minimum absolute atomic E-state index is 0.162. The Kier molecular flexibility index (Phi) is 6.96. The number of nitrogens with zero attached hydrogens (tertiary/aromatic N) is 2. The quantitative estimate of drug-likeness (QED) is 0.365. The van der Waals surface area contributed by atoms with Crippen molar-refractivity contribution < 1.29 is 13.2 Å². The SMILES string of the molecule is FC(F)(F)c1ccc(CCC(Cn2ccnc2)Sc2ccc(Cl)cc2Cl)cc1. The minimum Gasteiger partial charge on any atom is -0.336 e. The van der Waals surface area contributed by atoms with E-state index in [0.717, 1.165) is 29.0 Å². The van der Waals surface area contributed by atoms with Gasteiger partial charge in [-0.15, -0.1) is 11.8 Å². The van der Waals surface area contributed by atoms with Crippen LogP contribution in [0.25, 0.3) is 0 Å². The van der Waals surface area contributed by atoms with E-state index in [2.05, 4.69) is 4.98 Å². The summed E-state index contributed by atoms with van der Waals surface area (Å²) in [5, 5.41) is 1.32. The van der Waals surface area contributed by atoms with Gasteiger partial charge in [0.25, 0.3) is 0 Å². The lowest BCUT2D eigenvalue weighted by atomic mass is 10.1. The third-order valence-corrected chi connectivity index (χ3v) is 6.19. The van der Waals surface area contributed by atoms with Crippen molar-refractivity contribution in [2.75, 3.05) is 0 Å². The van der Waals surface area contributed by atoms with E-state index < -0.39 is 11.7 Å². The van der Waals surface area contributed by atoms with Crippen LogP contribution < -0.4 is 0 Å². The summed E-state index contributed by atoms with van der Waals surface area (Å²) in [5.41, 5.74) is 0.236. The van der Waals surface area contributed by atoms with E-state index in [-0.39, 0.29) is 5.25 Å². The second-order valence-corrected chi connectivity index (χ2v) is 8.49. The van der Waals surface area contributed by atoms with Gasteiger partial charge in [-0.3, -0.25) is 0 Å². The first-order valence-corrected chi connectivity index (χ1v) is 10.2. The summed E-state index contributed by atoms with van der Waals surface area (Å²) in [6, 6.07) is 10.7. The van der Waals surface area contributed by atoms with Crippen molar-refractivity contribution >= 4 is 35.0 Å². The van der Waals surface area contributed by atoms with Gasteiger partial charge in [0, 0.05) is 34.1 Å². The van der Waals surface area contributed by atoms with E-state index in [4.69, 9.17) is 23.2 Å². The molecular weight excluding hydrogens is 428 g/mol. The zero-order chi connectivity index (χ0) is 20.1. The molecule has 1 unspecified atom stereocenters. The first-order valence-electron chi connectivity index (χ1n) is 8.55. The molecule has 1 atom stereocenters. The van der Waals surface area contributed by atoms with E-state index in [0.29, 0.717) is 23.0 Å². The van der Waals surface area contributed by atoms with Gasteiger partial charge >= 0.3 is 6.18 Å². The van der Waals surface area contributed by atoms with Gasteiger partial charge in [-0.05, 0) is 48.7 Å². The number of aromatic nitrogens is 2. The Bertz CT molecular complexity index is 897. The number of benzene rings is 2. The molecule has 2 aromatic carbocycles. The number of thioether (sulfide) groups is 1. The van der Waals surface area contributed by atoms with Crippen LogP contribution >= 0.6 is 35.0 Å². The Morgan fingerprint density at radius 2 is 1.82 bits per heavy atom. The molecule has 3 aromatic rings. The summed E-state index contributed by atoms with van der Waals surface area (Å²) in [4.78, 5) is 4.99. The van der Waals surface area contributed by atoms with Crippen LogP contribution in [0.3, 0.4) is 0 Å². The topological polar surface area (TPSA) is 17.8 Å². The highest BCUT2D eigenvalue weighted by atomic mass is 35.5. The Labute approximate surface area is 175 Å². The monoisotopic (exact) mass is 444 g/mol. The number of aryl methyl sites for hydroxylation is 1. The predicted octanol–water partition coefficient (Wildman–Crippen LogP) is 7.00. The van der Waals surface area contributed by atoms with Crippen LogP contribution in [0, 0.1) is 0 Å². The molecular formula is C20H17Cl2F3N2S. The van der Waals surface area contributed by atoms with E-state index in [1.54, 1.807) is 36.4 Å². The maximum atomic E-state index is 12.7. The van der Waals surface area contributed by atoms with Gasteiger partial charge in [0.1, 0.15) is 0 Å². The lowest BCUT2D eigenvalue weighted by Gasteiger charge is -2.18. The Morgan fingerprint density at radius 1 is 1.07 bits per heavy atom. The molecule has 0 spiro atoms. The van der Waals surface area contributed by atoms with Crippen molar-refractivity contribution in [1.82, 2.24) is 9.55 Å². The smallest absolute Gasteiger partial charge is 0.336 e. The van der Waals surface area contributed by atoms with E-state index in [1.807, 2.05) is 16.8 Å². The van der Waals surface area contributed by atoms with Crippen LogP contribution in [0.4, 0.5) is 13.2 Å². The molecule has 28 heavy (non-hydrogen) atoms. The summed E-state index contributed by atoms with van der Waals surface area (Å²) in [6.45, 7) is 0.713. The Morgan fingerprint density at radius 3 is 2.43 bits per heavy atom. The van der Waals surface area contributed by atoms with Crippen molar-refractivity contribution in [3.8, 4) is 0 Å². The maximum Gasteiger partial charge on any atom is 0.416 e. The van der Waals surface area contributed by atoms with Gasteiger partial charge in [0.2, 0.25) is 0 Å². The molecule has 1 aromatic heterocycles. The molecule has 0 fully saturated rings. The van der Waals surface area contributed by atoms with Crippen molar-refractivity contribution in [1.29, 1.82) is 0 Å². The second kappa shape index (κ2) is 9.25. The minimum atomic E-state index is -4.32. The molecule has 0 N–H and O–H groups in total. The number of alkyl halides is 3. The van der Waals surface area contributed by atoms with Gasteiger partial charge in [0.15, 0.2) is 0 Å². The molecule has 148 valence electrons. The van der Waals surface area contributed by atoms with Crippen LogP contribution in [-0.2, 0) is 19.1 Å². The summed E-state index contributed by atoms with van der Waals surface area (Å²) in [6.07, 6.45) is 2.46. The molecule has 3 rings (SSSR count). The average Bonchev–Trinajstić information content (AvgIpc) is 3.14. The molecule has 1 heterocycles. The van der Waals surface area contributed by atoms with Crippen LogP contribution in [0.5, 0.6) is 0 Å². The van der Waals surface area contributed by atoms with E-state index in [9.17, 15) is 13.2 Å². The van der Waals surface area contributed by atoms with Crippen molar-refractivity contribution in [2.45, 2.75) is 35.7 Å². The van der Waals surface area contributed by atoms with Crippen LogP contribution in [0.1, 0.15) is 17.5 Å². The van der Waals surface area contributed by atoms with Crippen molar-refractivity contribution in [3.63, 3.8) is 0 Å². The average molecular weight is 445 g/mol. The fourth-order valence-corrected chi connectivity index (χ4v) is 4.46. The van der Waals surface area contributed by atoms with Gasteiger partial charge in [-0.1, -0.05) is 35.3 Å². The molecule has 0 aliphatic rings. The van der Waals surface area contributed by atoms with Crippen molar-refractivity contribution in [2.24, 2.45) is 0 Å². The summed E-state index contributed by atoms with van der Waals surface area (Å²) in [5.74, 6) is 0. The highest BCUT2D eigenvalue weighted by molar-refractivity contribution is 8.00. The first-order chi connectivity index (χ1) is 13.3. The normalized spacial score (nSPS) is 12.9. The lowest BCUT2D eigenvalue weighted by Crippen LogP contribution is -2.13. The molecule has 2 nitrogen and oxygen atoms in total. The van der Waals surface area contributed by atoms with Crippen molar-refractivity contribution in [3.05, 3.63) is 82.4 Å². The number of hydrogen-bond donors (Lipinski definition) is 0. The first kappa shape index (κ1) is 21.1. The molecule has 0 aliphatic carbocycles. The van der Waals surface area contributed by atoms with Gasteiger partial charge in [0.05, 0.1) is 16.9 Å². The highest BCUT2D eigenvalue weighted by Gasteiger charge is 2.29. The standard InChI is InChI=1S/C20H17Cl2F3N2S/c21-16-6-8-19(18(22)11-16)28-17(12-27-10-9-26-13-27)7-3-14-1-4-15(5-2-14)20(23,24)25/h1-2,4-6,8-11,13,17H,3,7,12H2. The fourth-order valence-electron chi connectivity index (χ4n) is 2.76. The van der Waals surface area contributed by atoms with Crippen LogP contribution in [0.15, 0.2) is 66.1 Å². The lowest BCUT2D eigenvalue weighted by molar-refractivity contribution is -0.137. The third-order valence-electron chi connectivity index (χ3n) is 4.20. The summed E-state index contributed by atoms with van der Waals surface area (Å²) in [7, 11) is 0. The third kappa shape index (κ3) is 5.93. The Balaban J connectivity index is 1.70. The molecule has 0 saturated heterocycles. The van der Waals surface area contributed by atoms with Crippen LogP contribution in [-0.4, -0.2) is 14.8 Å². The predicted molar refractivity (Wildman–Crippen MR) is 108 cm³/mol. The van der Waals surface area contributed by atoms with Gasteiger partial charge in [-0.25, -0.2) is 4.98 Å². The summed E-state index contributed by atoms with van der Waals surface area (Å²) < 4.78 is 40.1. The second-order valence-electron chi connectivity index (χ2n) is 6.31. The number of imidazole rings is 1. The molecule has 0 radical (unpaired) electrons. The van der Waals surface area contributed by atoms with Crippen LogP contribution in [0.2, 0.25) is 10.0 Å². The highest BCUT2D eigenvalue weighted by Crippen LogP contribution is 2.35. The van der Waals surface area contributed by atoms with Gasteiger partial charge in [-0.2, -0.15) is 13.2 Å². The molecule has 0 aliphatic heterocycles. The molecule has 0 saturated carbocycles. The number of halogens is 5. The van der Waals surface area contributed by atoms with E-state index >= 15 is 0 Å². The zero-order valence-corrected chi connectivity index (χ0v) is 17.0. The number of hydrogen-bond acceptors (Lipinski definition) is 2. The van der Waals surface area contributed by atoms with E-state index in [1.165, 1.54) is 12.1 Å². The number of rotatable bonds is 7. The maximum absolute atomic E-state index is 12.7. The zero-order valence-electron chi connectivity index (χ0n) is 14.7. The molecule has 0 bridgehead atoms. The fraction of sp³-hybridized carbons (Fsp3) is 0.250. The molecule has 8 heteroatoms. The Hall–Kier alpha value is -1.63. The summed E-state index contributed by atoms with van der Waals surface area (Å²) >= 11 is 13.9. The van der Waals surface area contributed by atoms with Gasteiger partial charge < -0.3 is 4.57 Å². The largest absolute Gasteiger partial charge is 0.416 e.